The van der Waals surface area contributed by atoms with Gasteiger partial charge in [0.1, 0.15) is 8.07 Å². The van der Waals surface area contributed by atoms with Gasteiger partial charge < -0.3 is 13.3 Å². The molecule has 0 saturated carbocycles. The zero-order valence-electron chi connectivity index (χ0n) is 24.1. The first-order valence-corrected chi connectivity index (χ1v) is 23.3. The van der Waals surface area contributed by atoms with E-state index in [1.165, 1.54) is 0 Å². The maximum atomic E-state index is 7.12. The van der Waals surface area contributed by atoms with Crippen LogP contribution in [0.15, 0.2) is 36.8 Å². The highest BCUT2D eigenvalue weighted by Gasteiger charge is 2.59. The zero-order chi connectivity index (χ0) is 26.2. The van der Waals surface area contributed by atoms with E-state index in [-0.39, 0.29) is 15.5 Å². The van der Waals surface area contributed by atoms with Gasteiger partial charge in [-0.05, 0) is 74.3 Å². The second-order valence-corrected chi connectivity index (χ2v) is 30.4. The summed E-state index contributed by atoms with van der Waals surface area (Å²) >= 11 is 0. The molecular weight excluding hydrogens is 461 g/mol. The van der Waals surface area contributed by atoms with Crippen molar-refractivity contribution in [1.82, 2.24) is 0 Å². The summed E-state index contributed by atoms with van der Waals surface area (Å²) in [6.07, 6.45) is 0. The van der Waals surface area contributed by atoms with E-state index in [1.807, 2.05) is 5.70 Å². The molecule has 0 aliphatic rings. The Morgan fingerprint density at radius 3 is 1.34 bits per heavy atom. The summed E-state index contributed by atoms with van der Waals surface area (Å²) < 4.78 is 20.9. The fraction of sp³-hybridized carbons (Fsp3) is 0.760. The first-order valence-electron chi connectivity index (χ1n) is 11.8. The van der Waals surface area contributed by atoms with Gasteiger partial charge in [-0.1, -0.05) is 44.0 Å². The first kappa shape index (κ1) is 32.0. The molecule has 0 heterocycles. The van der Waals surface area contributed by atoms with Crippen LogP contribution < -0.4 is 0 Å². The summed E-state index contributed by atoms with van der Waals surface area (Å²) in [6, 6.07) is 0. The molecule has 0 bridgehead atoms. The van der Waals surface area contributed by atoms with Crippen LogP contribution in [0.3, 0.4) is 0 Å². The Hall–Kier alpha value is -0.0325. The van der Waals surface area contributed by atoms with Crippen molar-refractivity contribution in [2.24, 2.45) is 0 Å². The summed E-state index contributed by atoms with van der Waals surface area (Å²) in [7, 11) is -8.53. The molecule has 0 aromatic carbocycles. The van der Waals surface area contributed by atoms with E-state index in [0.29, 0.717) is 0 Å². The van der Waals surface area contributed by atoms with Gasteiger partial charge in [-0.25, -0.2) is 0 Å². The fourth-order valence-electron chi connectivity index (χ4n) is 3.64. The van der Waals surface area contributed by atoms with Gasteiger partial charge >= 0.3 is 0 Å². The molecule has 1 atom stereocenters. The number of hydrogen-bond donors (Lipinski definition) is 0. The second-order valence-electron chi connectivity index (χ2n) is 13.0. The highest BCUT2D eigenvalue weighted by atomic mass is 28.4. The van der Waals surface area contributed by atoms with E-state index < -0.39 is 38.6 Å². The fourth-order valence-corrected chi connectivity index (χ4v) is 14.0. The Morgan fingerprint density at radius 1 is 0.562 bits per heavy atom. The SMILES string of the molecule is C=C[Si](C)(C)OC(C)(C)[Si](C)(C)OC(C)(C)C(C)(C)[Si](C)(C=C)OC(C)(C)[Si](C)(C)C=C. The quantitative estimate of drug-likeness (QED) is 0.232. The minimum Gasteiger partial charge on any atom is -0.410 e. The van der Waals surface area contributed by atoms with Gasteiger partial charge in [0.15, 0.2) is 0 Å². The third-order valence-electron chi connectivity index (χ3n) is 8.63. The van der Waals surface area contributed by atoms with Crippen LogP contribution in [0.25, 0.3) is 0 Å². The van der Waals surface area contributed by atoms with E-state index in [4.69, 9.17) is 13.3 Å². The molecule has 0 fully saturated rings. The van der Waals surface area contributed by atoms with Gasteiger partial charge in [0, 0.05) is 10.3 Å². The van der Waals surface area contributed by atoms with E-state index >= 15 is 0 Å². The molecule has 0 amide bonds. The van der Waals surface area contributed by atoms with Crippen molar-refractivity contribution >= 4 is 33.0 Å². The van der Waals surface area contributed by atoms with Crippen LogP contribution in [0, 0.1) is 0 Å². The first-order chi connectivity index (χ1) is 13.8. The molecule has 32 heavy (non-hydrogen) atoms. The molecule has 0 radical (unpaired) electrons. The lowest BCUT2D eigenvalue weighted by atomic mass is 9.94. The predicted octanol–water partition coefficient (Wildman–Crippen LogP) is 8.10. The third kappa shape index (κ3) is 6.34. The van der Waals surface area contributed by atoms with Crippen molar-refractivity contribution in [2.45, 2.75) is 122 Å². The Labute approximate surface area is 205 Å². The summed E-state index contributed by atoms with van der Waals surface area (Å²) in [5, 5.41) is -0.850. The van der Waals surface area contributed by atoms with E-state index in [1.54, 1.807) is 0 Å². The number of hydrogen-bond acceptors (Lipinski definition) is 3. The summed E-state index contributed by atoms with van der Waals surface area (Å²) in [4.78, 5) is 0. The molecule has 0 aliphatic carbocycles. The molecule has 0 spiro atoms. The second kappa shape index (κ2) is 9.55. The highest BCUT2D eigenvalue weighted by Crippen LogP contribution is 2.53. The molecule has 0 aliphatic heterocycles. The van der Waals surface area contributed by atoms with Crippen molar-refractivity contribution in [3.05, 3.63) is 36.8 Å². The molecule has 0 N–H and O–H groups in total. The van der Waals surface area contributed by atoms with Crippen molar-refractivity contribution < 1.29 is 13.3 Å². The Morgan fingerprint density at radius 2 is 1.00 bits per heavy atom. The van der Waals surface area contributed by atoms with Crippen molar-refractivity contribution in [3.63, 3.8) is 0 Å². The lowest BCUT2D eigenvalue weighted by molar-refractivity contribution is 0.0177. The van der Waals surface area contributed by atoms with E-state index in [2.05, 4.69) is 132 Å². The van der Waals surface area contributed by atoms with Gasteiger partial charge in [0.05, 0.1) is 10.8 Å². The van der Waals surface area contributed by atoms with Crippen LogP contribution >= 0.6 is 0 Å². The minimum absolute atomic E-state index is 0.240. The Balaban J connectivity index is 6.23. The van der Waals surface area contributed by atoms with Gasteiger partial charge in [-0.15, -0.1) is 19.7 Å². The van der Waals surface area contributed by atoms with Gasteiger partial charge in [0.2, 0.25) is 25.0 Å². The molecule has 7 heteroatoms. The smallest absolute Gasteiger partial charge is 0.222 e. The Kier molecular flexibility index (Phi) is 9.54. The van der Waals surface area contributed by atoms with Crippen LogP contribution in [-0.4, -0.2) is 49.1 Å². The Bertz CT molecular complexity index is 706. The normalized spacial score (nSPS) is 17.0. The lowest BCUT2D eigenvalue weighted by Crippen LogP contribution is -2.66. The van der Waals surface area contributed by atoms with Crippen LogP contribution in [0.2, 0.25) is 50.9 Å². The summed E-state index contributed by atoms with van der Waals surface area (Å²) in [5.74, 6) is 0. The van der Waals surface area contributed by atoms with E-state index in [0.717, 1.165) is 0 Å². The van der Waals surface area contributed by atoms with E-state index in [9.17, 15) is 0 Å². The standard InChI is InChI=1S/C25H54O3Si4/c1-19-29(12,13)24(8,9)28-32(18,21-3)23(6,7)22(4,5)26-31(16,17)25(10,11)27-30(14,15)20-2/h19-21H,1-3H2,4-18H3. The summed E-state index contributed by atoms with van der Waals surface area (Å²) in [5.41, 5.74) is 5.78. The average molecular weight is 515 g/mol. The largest absolute Gasteiger partial charge is 0.410 e. The third-order valence-corrected chi connectivity index (χ3v) is 24.1. The highest BCUT2D eigenvalue weighted by molar-refractivity contribution is 6.87. The topological polar surface area (TPSA) is 27.7 Å². The maximum Gasteiger partial charge on any atom is 0.222 e. The minimum atomic E-state index is -2.46. The van der Waals surface area contributed by atoms with Crippen molar-refractivity contribution in [2.75, 3.05) is 0 Å². The monoisotopic (exact) mass is 514 g/mol. The lowest BCUT2D eigenvalue weighted by Gasteiger charge is -2.57. The van der Waals surface area contributed by atoms with Gasteiger partial charge in [-0.2, -0.15) is 0 Å². The molecule has 1 unspecified atom stereocenters. The van der Waals surface area contributed by atoms with Crippen molar-refractivity contribution in [3.8, 4) is 0 Å². The van der Waals surface area contributed by atoms with Gasteiger partial charge in [0.25, 0.3) is 0 Å². The molecule has 0 aromatic rings. The van der Waals surface area contributed by atoms with Crippen LogP contribution in [0.5, 0.6) is 0 Å². The maximum absolute atomic E-state index is 7.12. The van der Waals surface area contributed by atoms with Crippen LogP contribution in [0.1, 0.15) is 55.4 Å². The molecule has 0 saturated heterocycles. The predicted molar refractivity (Wildman–Crippen MR) is 154 cm³/mol. The molecule has 0 aromatic heterocycles. The van der Waals surface area contributed by atoms with Crippen molar-refractivity contribution in [1.29, 1.82) is 0 Å². The number of rotatable bonds is 13. The van der Waals surface area contributed by atoms with Crippen LogP contribution in [0.4, 0.5) is 0 Å². The molecular formula is C25H54O3Si4. The van der Waals surface area contributed by atoms with Gasteiger partial charge in [-0.3, -0.25) is 0 Å². The van der Waals surface area contributed by atoms with Crippen LogP contribution in [-0.2, 0) is 13.3 Å². The molecule has 188 valence electrons. The zero-order valence-corrected chi connectivity index (χ0v) is 28.1. The average Bonchev–Trinajstić information content (AvgIpc) is 2.58. The summed E-state index contributed by atoms with van der Waals surface area (Å²) in [6.45, 7) is 46.0. The molecule has 3 nitrogen and oxygen atoms in total. The molecule has 0 rings (SSSR count).